The SMILES string of the molecule is C=Cc1ccc(O)c(C#N)c1/C=C\C. The number of phenolic OH excluding ortho intramolecular Hbond substituents is 1. The van der Waals surface area contributed by atoms with Crippen LogP contribution in [0.25, 0.3) is 12.2 Å². The summed E-state index contributed by atoms with van der Waals surface area (Å²) in [6.45, 7) is 5.51. The third kappa shape index (κ3) is 1.67. The summed E-state index contributed by atoms with van der Waals surface area (Å²) in [5.41, 5.74) is 1.85. The van der Waals surface area contributed by atoms with E-state index in [-0.39, 0.29) is 5.75 Å². The minimum Gasteiger partial charge on any atom is -0.507 e. The highest BCUT2D eigenvalue weighted by atomic mass is 16.3. The first-order valence-corrected chi connectivity index (χ1v) is 4.25. The number of hydrogen-bond acceptors (Lipinski definition) is 2. The molecule has 2 nitrogen and oxygen atoms in total. The van der Waals surface area contributed by atoms with Gasteiger partial charge in [0.15, 0.2) is 0 Å². The van der Waals surface area contributed by atoms with Crippen LogP contribution in [0.5, 0.6) is 5.75 Å². The first kappa shape index (κ1) is 10.1. The van der Waals surface area contributed by atoms with Crippen LogP contribution in [0.4, 0.5) is 0 Å². The Bertz CT molecular complexity index is 425. The first-order chi connectivity index (χ1) is 6.74. The zero-order valence-corrected chi connectivity index (χ0v) is 7.99. The van der Waals surface area contributed by atoms with Crippen molar-refractivity contribution in [2.75, 3.05) is 0 Å². The van der Waals surface area contributed by atoms with Gasteiger partial charge in [0.2, 0.25) is 0 Å². The Labute approximate surface area is 83.4 Å². The highest BCUT2D eigenvalue weighted by Crippen LogP contribution is 2.25. The molecule has 2 heteroatoms. The first-order valence-electron chi connectivity index (χ1n) is 4.25. The summed E-state index contributed by atoms with van der Waals surface area (Å²) in [6.07, 6.45) is 5.27. The molecule has 0 unspecified atom stereocenters. The molecule has 0 bridgehead atoms. The van der Waals surface area contributed by atoms with Crippen LogP contribution in [-0.2, 0) is 0 Å². The van der Waals surface area contributed by atoms with Gasteiger partial charge >= 0.3 is 0 Å². The van der Waals surface area contributed by atoms with E-state index in [0.717, 1.165) is 5.56 Å². The number of phenols is 1. The van der Waals surface area contributed by atoms with Crippen LogP contribution in [0.1, 0.15) is 23.6 Å². The van der Waals surface area contributed by atoms with E-state index in [9.17, 15) is 5.11 Å². The summed E-state index contributed by atoms with van der Waals surface area (Å²) in [6, 6.07) is 5.21. The summed E-state index contributed by atoms with van der Waals surface area (Å²) in [4.78, 5) is 0. The second-order valence-corrected chi connectivity index (χ2v) is 2.78. The number of benzene rings is 1. The Morgan fingerprint density at radius 1 is 1.50 bits per heavy atom. The molecule has 0 fully saturated rings. The normalized spacial score (nSPS) is 10.0. The number of allylic oxidation sites excluding steroid dienone is 1. The predicted molar refractivity (Wildman–Crippen MR) is 57.6 cm³/mol. The van der Waals surface area contributed by atoms with E-state index in [1.54, 1.807) is 18.2 Å². The van der Waals surface area contributed by atoms with Gasteiger partial charge in [-0.2, -0.15) is 5.26 Å². The Kier molecular flexibility index (Phi) is 3.09. The van der Waals surface area contributed by atoms with Gasteiger partial charge in [0.05, 0.1) is 0 Å². The molecule has 0 atom stereocenters. The van der Waals surface area contributed by atoms with Crippen LogP contribution in [0.15, 0.2) is 24.8 Å². The molecule has 0 aromatic heterocycles. The number of rotatable bonds is 2. The van der Waals surface area contributed by atoms with Gasteiger partial charge in [-0.05, 0) is 18.6 Å². The van der Waals surface area contributed by atoms with Crippen molar-refractivity contribution in [1.29, 1.82) is 5.26 Å². The number of nitriles is 1. The summed E-state index contributed by atoms with van der Waals surface area (Å²) in [7, 11) is 0. The monoisotopic (exact) mass is 185 g/mol. The van der Waals surface area contributed by atoms with Gasteiger partial charge in [-0.3, -0.25) is 0 Å². The molecule has 1 aromatic rings. The largest absolute Gasteiger partial charge is 0.507 e. The van der Waals surface area contributed by atoms with Crippen molar-refractivity contribution >= 4 is 12.2 Å². The smallest absolute Gasteiger partial charge is 0.133 e. The lowest BCUT2D eigenvalue weighted by molar-refractivity contribution is 0.473. The minimum atomic E-state index is 0.00574. The van der Waals surface area contributed by atoms with E-state index < -0.39 is 0 Å². The summed E-state index contributed by atoms with van der Waals surface area (Å²) in [5, 5.41) is 18.3. The second-order valence-electron chi connectivity index (χ2n) is 2.78. The zero-order valence-electron chi connectivity index (χ0n) is 7.99. The quantitative estimate of drug-likeness (QED) is 0.769. The average molecular weight is 185 g/mol. The lowest BCUT2D eigenvalue weighted by Gasteiger charge is -2.04. The van der Waals surface area contributed by atoms with E-state index >= 15 is 0 Å². The molecule has 0 saturated heterocycles. The fraction of sp³-hybridized carbons (Fsp3) is 0.0833. The van der Waals surface area contributed by atoms with Gasteiger partial charge in [0.25, 0.3) is 0 Å². The van der Waals surface area contributed by atoms with Crippen molar-refractivity contribution in [3.63, 3.8) is 0 Å². The minimum absolute atomic E-state index is 0.00574. The Hall–Kier alpha value is -2.01. The van der Waals surface area contributed by atoms with Crippen molar-refractivity contribution < 1.29 is 5.11 Å². The van der Waals surface area contributed by atoms with Crippen LogP contribution < -0.4 is 0 Å². The Morgan fingerprint density at radius 2 is 2.21 bits per heavy atom. The van der Waals surface area contributed by atoms with E-state index in [0.29, 0.717) is 11.1 Å². The van der Waals surface area contributed by atoms with Crippen LogP contribution >= 0.6 is 0 Å². The molecular formula is C12H11NO. The number of nitrogens with zero attached hydrogens (tertiary/aromatic N) is 1. The highest BCUT2D eigenvalue weighted by Gasteiger charge is 2.07. The van der Waals surface area contributed by atoms with Crippen molar-refractivity contribution in [3.8, 4) is 11.8 Å². The van der Waals surface area contributed by atoms with Crippen LogP contribution in [-0.4, -0.2) is 5.11 Å². The van der Waals surface area contributed by atoms with Crippen molar-refractivity contribution in [2.24, 2.45) is 0 Å². The molecule has 1 rings (SSSR count). The van der Waals surface area contributed by atoms with E-state index in [4.69, 9.17) is 5.26 Å². The molecule has 0 amide bonds. The van der Waals surface area contributed by atoms with Gasteiger partial charge < -0.3 is 5.11 Å². The van der Waals surface area contributed by atoms with Gasteiger partial charge in [-0.15, -0.1) is 0 Å². The third-order valence-corrected chi connectivity index (χ3v) is 1.92. The molecule has 0 aliphatic heterocycles. The van der Waals surface area contributed by atoms with E-state index in [1.807, 2.05) is 19.1 Å². The molecule has 0 spiro atoms. The van der Waals surface area contributed by atoms with Gasteiger partial charge in [0.1, 0.15) is 17.4 Å². The van der Waals surface area contributed by atoms with Gasteiger partial charge in [-0.25, -0.2) is 0 Å². The van der Waals surface area contributed by atoms with Gasteiger partial charge in [-0.1, -0.05) is 30.9 Å². The Balaban J connectivity index is 3.53. The molecule has 0 heterocycles. The lowest BCUT2D eigenvalue weighted by atomic mass is 10.0. The lowest BCUT2D eigenvalue weighted by Crippen LogP contribution is -1.87. The number of hydrogen-bond donors (Lipinski definition) is 1. The second kappa shape index (κ2) is 4.29. The van der Waals surface area contributed by atoms with E-state index in [2.05, 4.69) is 6.58 Å². The van der Waals surface area contributed by atoms with Gasteiger partial charge in [0, 0.05) is 5.56 Å². The fourth-order valence-electron chi connectivity index (χ4n) is 1.27. The standard InChI is InChI=1S/C12H11NO/c1-3-5-10-9(4-2)6-7-12(14)11(10)8-13/h3-7,14H,2H2,1H3/b5-3-. The number of aromatic hydroxyl groups is 1. The van der Waals surface area contributed by atoms with E-state index in [1.165, 1.54) is 6.07 Å². The van der Waals surface area contributed by atoms with Crippen molar-refractivity contribution in [2.45, 2.75) is 6.92 Å². The molecule has 1 aromatic carbocycles. The molecule has 0 radical (unpaired) electrons. The highest BCUT2D eigenvalue weighted by molar-refractivity contribution is 5.72. The van der Waals surface area contributed by atoms with Crippen LogP contribution in [0.3, 0.4) is 0 Å². The maximum atomic E-state index is 9.45. The summed E-state index contributed by atoms with van der Waals surface area (Å²) < 4.78 is 0. The maximum Gasteiger partial charge on any atom is 0.133 e. The summed E-state index contributed by atoms with van der Waals surface area (Å²) >= 11 is 0. The fourth-order valence-corrected chi connectivity index (χ4v) is 1.27. The molecule has 0 aliphatic carbocycles. The predicted octanol–water partition coefficient (Wildman–Crippen LogP) is 2.94. The zero-order chi connectivity index (χ0) is 10.6. The molecule has 1 N–H and O–H groups in total. The van der Waals surface area contributed by atoms with Crippen molar-refractivity contribution in [3.05, 3.63) is 41.5 Å². The average Bonchev–Trinajstić information content (AvgIpc) is 2.19. The molecule has 0 saturated carbocycles. The summed E-state index contributed by atoms with van der Waals surface area (Å²) in [5.74, 6) is 0.00574. The topological polar surface area (TPSA) is 44.0 Å². The molecular weight excluding hydrogens is 174 g/mol. The van der Waals surface area contributed by atoms with Crippen LogP contribution in [0.2, 0.25) is 0 Å². The molecule has 0 aliphatic rings. The van der Waals surface area contributed by atoms with Crippen LogP contribution in [0, 0.1) is 11.3 Å². The third-order valence-electron chi connectivity index (χ3n) is 1.92. The molecule has 14 heavy (non-hydrogen) atoms. The molecule has 70 valence electrons. The van der Waals surface area contributed by atoms with Crippen molar-refractivity contribution in [1.82, 2.24) is 0 Å². The maximum absolute atomic E-state index is 9.45. The Morgan fingerprint density at radius 3 is 2.71 bits per heavy atom.